The van der Waals surface area contributed by atoms with Crippen molar-refractivity contribution in [2.45, 2.75) is 33.2 Å². The van der Waals surface area contributed by atoms with Gasteiger partial charge in [-0.05, 0) is 68.3 Å². The van der Waals surface area contributed by atoms with Crippen molar-refractivity contribution >= 4 is 17.9 Å². The zero-order valence-electron chi connectivity index (χ0n) is 21.1. The third-order valence-electron chi connectivity index (χ3n) is 6.36. The monoisotopic (exact) mass is 492 g/mol. The lowest BCUT2D eigenvalue weighted by Crippen LogP contribution is -2.47. The van der Waals surface area contributed by atoms with E-state index in [-0.39, 0.29) is 11.6 Å². The molecule has 7 heteroatoms. The fraction of sp³-hybridized carbons (Fsp3) is 0.200. The van der Waals surface area contributed by atoms with E-state index >= 15 is 0 Å². The number of hydrogen-bond acceptors (Lipinski definition) is 5. The summed E-state index contributed by atoms with van der Waals surface area (Å²) in [6.07, 6.45) is 5.83. The van der Waals surface area contributed by atoms with Gasteiger partial charge in [-0.3, -0.25) is 14.5 Å². The van der Waals surface area contributed by atoms with E-state index in [4.69, 9.17) is 9.84 Å². The van der Waals surface area contributed by atoms with Crippen molar-refractivity contribution in [3.63, 3.8) is 0 Å². The van der Waals surface area contributed by atoms with Gasteiger partial charge in [-0.2, -0.15) is 10.4 Å². The average Bonchev–Trinajstić information content (AvgIpc) is 3.34. The molecule has 2 aromatic carbocycles. The third-order valence-corrected chi connectivity index (χ3v) is 6.36. The van der Waals surface area contributed by atoms with Gasteiger partial charge in [0.25, 0.3) is 11.8 Å². The number of nitrogens with zero attached hydrogens (tertiary/aromatic N) is 4. The Hall–Kier alpha value is -4.70. The summed E-state index contributed by atoms with van der Waals surface area (Å²) < 4.78 is 7.35. The van der Waals surface area contributed by atoms with Crippen LogP contribution in [0.1, 0.15) is 32.8 Å². The fourth-order valence-electron chi connectivity index (χ4n) is 4.13. The van der Waals surface area contributed by atoms with Crippen LogP contribution >= 0.6 is 0 Å². The van der Waals surface area contributed by atoms with Crippen molar-refractivity contribution in [3.8, 4) is 28.8 Å². The lowest BCUT2D eigenvalue weighted by molar-refractivity contribution is -0.142. The van der Waals surface area contributed by atoms with E-state index in [9.17, 15) is 14.9 Å². The number of aromatic nitrogens is 2. The summed E-state index contributed by atoms with van der Waals surface area (Å²) in [6.45, 7) is 9.41. The average molecular weight is 493 g/mol. The molecule has 1 aliphatic rings. The van der Waals surface area contributed by atoms with Gasteiger partial charge in [-0.15, -0.1) is 0 Å². The summed E-state index contributed by atoms with van der Waals surface area (Å²) in [5, 5.41) is 14.5. The van der Waals surface area contributed by atoms with E-state index in [2.05, 4.69) is 6.58 Å². The van der Waals surface area contributed by atoms with Gasteiger partial charge in [0.15, 0.2) is 0 Å². The standard InChI is InChI=1S/C30H28N4O3/c1-5-16-37-25-14-12-22(13-15-25)28-23(19-33(32-28)24-10-8-7-9-11-24)17-26-21(4)27(18-31)30(36)34(29(26)35)20(3)6-2/h5,7-15,17,19-20H,1,6,16H2,2-4H3/b26-17+. The number of benzene rings is 2. The maximum absolute atomic E-state index is 13.5. The number of amides is 2. The number of carbonyl (C=O) groups is 2. The predicted molar refractivity (Wildman–Crippen MR) is 143 cm³/mol. The number of nitriles is 1. The predicted octanol–water partition coefficient (Wildman–Crippen LogP) is 5.49. The summed E-state index contributed by atoms with van der Waals surface area (Å²) in [6, 6.07) is 18.8. The highest BCUT2D eigenvalue weighted by atomic mass is 16.5. The van der Waals surface area contributed by atoms with Crippen molar-refractivity contribution in [1.82, 2.24) is 14.7 Å². The molecule has 186 valence electrons. The summed E-state index contributed by atoms with van der Waals surface area (Å²) in [7, 11) is 0. The Bertz CT molecular complexity index is 1440. The van der Waals surface area contributed by atoms with Crippen molar-refractivity contribution in [3.05, 3.63) is 95.7 Å². The van der Waals surface area contributed by atoms with Crippen LogP contribution in [0.3, 0.4) is 0 Å². The Morgan fingerprint density at radius 2 is 1.81 bits per heavy atom. The zero-order valence-corrected chi connectivity index (χ0v) is 21.1. The second-order valence-electron chi connectivity index (χ2n) is 8.74. The first-order valence-electron chi connectivity index (χ1n) is 12.1. The lowest BCUT2D eigenvalue weighted by atomic mass is 9.92. The topological polar surface area (TPSA) is 88.2 Å². The molecule has 0 N–H and O–H groups in total. The van der Waals surface area contributed by atoms with Gasteiger partial charge in [0, 0.05) is 28.9 Å². The van der Waals surface area contributed by atoms with Crippen LogP contribution in [0, 0.1) is 11.3 Å². The van der Waals surface area contributed by atoms with Crippen LogP contribution in [0.4, 0.5) is 0 Å². The van der Waals surface area contributed by atoms with E-state index in [0.29, 0.717) is 41.2 Å². The van der Waals surface area contributed by atoms with Gasteiger partial charge < -0.3 is 4.74 Å². The molecule has 0 saturated carbocycles. The highest BCUT2D eigenvalue weighted by molar-refractivity contribution is 6.20. The highest BCUT2D eigenvalue weighted by Crippen LogP contribution is 2.32. The first kappa shape index (κ1) is 25.4. The molecular formula is C30H28N4O3. The second kappa shape index (κ2) is 10.9. The maximum Gasteiger partial charge on any atom is 0.271 e. The van der Waals surface area contributed by atoms with Crippen molar-refractivity contribution in [1.29, 1.82) is 5.26 Å². The zero-order chi connectivity index (χ0) is 26.5. The lowest BCUT2D eigenvalue weighted by Gasteiger charge is -2.31. The fourth-order valence-corrected chi connectivity index (χ4v) is 4.13. The summed E-state index contributed by atoms with van der Waals surface area (Å²) in [5.74, 6) is -0.261. The van der Waals surface area contributed by atoms with Gasteiger partial charge in [-0.25, -0.2) is 4.68 Å². The molecule has 2 amide bonds. The SMILES string of the molecule is C=CCOc1ccc(-c2nn(-c3ccccc3)cc2/C=C2/C(=O)N(C(C)CC)C(=O)C(C#N)=C2C)cc1. The van der Waals surface area contributed by atoms with E-state index < -0.39 is 11.8 Å². The molecule has 0 radical (unpaired) electrons. The van der Waals surface area contributed by atoms with Gasteiger partial charge in [0.2, 0.25) is 0 Å². The van der Waals surface area contributed by atoms with Crippen LogP contribution in [0.5, 0.6) is 5.75 Å². The molecule has 37 heavy (non-hydrogen) atoms. The van der Waals surface area contributed by atoms with Crippen molar-refractivity contribution in [2.24, 2.45) is 0 Å². The quantitative estimate of drug-likeness (QED) is 0.236. The van der Waals surface area contributed by atoms with Crippen molar-refractivity contribution in [2.75, 3.05) is 6.61 Å². The minimum Gasteiger partial charge on any atom is -0.490 e. The Kier molecular flexibility index (Phi) is 7.49. The Balaban J connectivity index is 1.88. The molecule has 2 heterocycles. The first-order chi connectivity index (χ1) is 17.9. The summed E-state index contributed by atoms with van der Waals surface area (Å²) in [4.78, 5) is 27.6. The van der Waals surface area contributed by atoms with Gasteiger partial charge in [0.1, 0.15) is 24.0 Å². The summed E-state index contributed by atoms with van der Waals surface area (Å²) in [5.41, 5.74) is 3.66. The van der Waals surface area contributed by atoms with Crippen LogP contribution in [0.2, 0.25) is 0 Å². The molecule has 0 saturated heterocycles. The minimum absolute atomic E-state index is 0.0214. The number of carbonyl (C=O) groups excluding carboxylic acids is 2. The molecule has 7 nitrogen and oxygen atoms in total. The molecule has 1 aromatic heterocycles. The Morgan fingerprint density at radius 3 is 2.43 bits per heavy atom. The molecular weight excluding hydrogens is 464 g/mol. The molecule has 3 aromatic rings. The van der Waals surface area contributed by atoms with E-state index in [1.165, 1.54) is 4.90 Å². The smallest absolute Gasteiger partial charge is 0.271 e. The number of ether oxygens (including phenoxy) is 1. The largest absolute Gasteiger partial charge is 0.490 e. The molecule has 1 unspecified atom stereocenters. The molecule has 0 spiro atoms. The van der Waals surface area contributed by atoms with Gasteiger partial charge in [0.05, 0.1) is 11.4 Å². The molecule has 0 bridgehead atoms. The highest BCUT2D eigenvalue weighted by Gasteiger charge is 2.37. The van der Waals surface area contributed by atoms with Crippen LogP contribution in [0.15, 0.2) is 90.2 Å². The van der Waals surface area contributed by atoms with Crippen LogP contribution in [0.25, 0.3) is 23.0 Å². The Labute approximate surface area is 216 Å². The summed E-state index contributed by atoms with van der Waals surface area (Å²) >= 11 is 0. The van der Waals surface area contributed by atoms with E-state index in [1.54, 1.807) is 30.7 Å². The van der Waals surface area contributed by atoms with E-state index in [0.717, 1.165) is 11.3 Å². The van der Waals surface area contributed by atoms with Gasteiger partial charge >= 0.3 is 0 Å². The first-order valence-corrected chi connectivity index (χ1v) is 12.1. The van der Waals surface area contributed by atoms with Crippen LogP contribution in [-0.2, 0) is 9.59 Å². The molecule has 0 aliphatic carbocycles. The molecule has 0 fully saturated rings. The number of para-hydroxylation sites is 1. The van der Waals surface area contributed by atoms with Gasteiger partial charge in [-0.1, -0.05) is 37.8 Å². The van der Waals surface area contributed by atoms with Crippen molar-refractivity contribution < 1.29 is 14.3 Å². The number of hydrogen-bond donors (Lipinski definition) is 0. The maximum atomic E-state index is 13.5. The van der Waals surface area contributed by atoms with Crippen LogP contribution < -0.4 is 4.74 Å². The van der Waals surface area contributed by atoms with Crippen LogP contribution in [-0.4, -0.2) is 39.1 Å². The Morgan fingerprint density at radius 1 is 1.11 bits per heavy atom. The molecule has 4 rings (SSSR count). The third kappa shape index (κ3) is 5.00. The number of rotatable bonds is 8. The molecule has 1 aliphatic heterocycles. The molecule has 1 atom stereocenters. The normalized spacial score (nSPS) is 15.6. The number of imide groups is 1. The van der Waals surface area contributed by atoms with E-state index in [1.807, 2.05) is 73.8 Å². The minimum atomic E-state index is -0.549. The second-order valence-corrected chi connectivity index (χ2v) is 8.74.